The maximum atomic E-state index is 10.4. The zero-order chi connectivity index (χ0) is 13.4. The minimum absolute atomic E-state index is 0.606. The number of quaternary nitrogens is 1. The van der Waals surface area contributed by atoms with Crippen molar-refractivity contribution in [3.05, 3.63) is 0 Å². The lowest BCUT2D eigenvalue weighted by atomic mass is 10.0. The fourth-order valence-electron chi connectivity index (χ4n) is 1.17. The Morgan fingerprint density at radius 1 is 1.19 bits per heavy atom. The predicted octanol–water partition coefficient (Wildman–Crippen LogP) is -2.60. The maximum Gasteiger partial charge on any atom is 0.445 e. The van der Waals surface area contributed by atoms with Gasteiger partial charge in [-0.05, 0) is 0 Å². The number of carboxylic acid groups (broad SMARTS) is 1. The van der Waals surface area contributed by atoms with Gasteiger partial charge in [-0.3, -0.25) is 20.1 Å². The Labute approximate surface area is 92.2 Å². The minimum Gasteiger partial charge on any atom is -0.481 e. The lowest BCUT2D eigenvalue weighted by Gasteiger charge is -2.46. The Balaban J connectivity index is 5.11. The van der Waals surface area contributed by atoms with Gasteiger partial charge in [-0.1, -0.05) is 6.92 Å². The van der Waals surface area contributed by atoms with Gasteiger partial charge < -0.3 is 15.3 Å². The van der Waals surface area contributed by atoms with Crippen LogP contribution in [0.2, 0.25) is 0 Å². The van der Waals surface area contributed by atoms with E-state index in [4.69, 9.17) is 20.4 Å². The topological polar surface area (TPSA) is 138 Å². The summed E-state index contributed by atoms with van der Waals surface area (Å²) in [5.41, 5.74) is 0. The van der Waals surface area contributed by atoms with E-state index < -0.39 is 34.8 Å². The molecule has 0 amide bonds. The second kappa shape index (κ2) is 4.24. The van der Waals surface area contributed by atoms with Gasteiger partial charge >= 0.3 is 18.0 Å². The van der Waals surface area contributed by atoms with Gasteiger partial charge in [0.05, 0.1) is 26.4 Å². The normalized spacial score (nSPS) is 16.0. The number of aliphatic hydroxyl groups is 5. The van der Waals surface area contributed by atoms with E-state index in [0.29, 0.717) is 0 Å². The van der Waals surface area contributed by atoms with E-state index in [-0.39, 0.29) is 0 Å². The lowest BCUT2D eigenvalue weighted by molar-refractivity contribution is -1.10. The molecule has 0 aliphatic carbocycles. The van der Waals surface area contributed by atoms with Crippen LogP contribution in [0.4, 0.5) is 0 Å². The van der Waals surface area contributed by atoms with E-state index in [2.05, 4.69) is 0 Å². The van der Waals surface area contributed by atoms with E-state index in [0.717, 1.165) is 14.1 Å². The molecule has 0 saturated carbocycles. The lowest BCUT2D eigenvalue weighted by Crippen LogP contribution is -2.73. The molecule has 8 nitrogen and oxygen atoms in total. The maximum absolute atomic E-state index is 10.4. The number of nitrogens with zero attached hydrogens (tertiary/aromatic N) is 1. The highest BCUT2D eigenvalue weighted by atomic mass is 16.7. The van der Waals surface area contributed by atoms with E-state index in [1.165, 1.54) is 6.92 Å². The SMILES string of the molecule is CC(CC(=O)O)C(O)(O)[N+](C)(C)C(O)(O)O. The first kappa shape index (κ1) is 15.2. The minimum atomic E-state index is -3.41. The Morgan fingerprint density at radius 2 is 1.56 bits per heavy atom. The van der Waals surface area contributed by atoms with Crippen LogP contribution in [-0.4, -0.2) is 67.2 Å². The number of hydrogen-bond donors (Lipinski definition) is 6. The molecule has 16 heavy (non-hydrogen) atoms. The molecule has 0 rings (SSSR count). The molecule has 0 aromatic heterocycles. The van der Waals surface area contributed by atoms with E-state index in [9.17, 15) is 15.0 Å². The molecule has 0 spiro atoms. The van der Waals surface area contributed by atoms with Crippen LogP contribution in [0.15, 0.2) is 0 Å². The standard InChI is InChI=1S/C8H17NO7/c1-5(4-6(10)11)7(12,13)9(2,3)8(14,15)16/h5,12-16H,4H2,1-3H3/p+1. The van der Waals surface area contributed by atoms with Crippen molar-refractivity contribution in [2.75, 3.05) is 14.1 Å². The number of carboxylic acids is 1. The monoisotopic (exact) mass is 240 g/mol. The Hall–Kier alpha value is -0.770. The van der Waals surface area contributed by atoms with Crippen molar-refractivity contribution in [3.8, 4) is 0 Å². The molecule has 0 aliphatic rings. The summed E-state index contributed by atoms with van der Waals surface area (Å²) in [4.78, 5) is 10.4. The second-order valence-corrected chi connectivity index (χ2v) is 4.24. The third-order valence-electron chi connectivity index (χ3n) is 2.71. The van der Waals surface area contributed by atoms with Crippen molar-refractivity contribution < 1.29 is 39.9 Å². The van der Waals surface area contributed by atoms with Gasteiger partial charge in [0.15, 0.2) is 0 Å². The number of aliphatic carboxylic acids is 1. The highest BCUT2D eigenvalue weighted by Crippen LogP contribution is 2.31. The Bertz CT molecular complexity index is 268. The molecule has 0 aromatic rings. The summed E-state index contributed by atoms with van der Waals surface area (Å²) in [6.45, 7) is 1.19. The molecule has 96 valence electrons. The first-order valence-electron chi connectivity index (χ1n) is 4.52. The molecule has 0 radical (unpaired) electrons. The third kappa shape index (κ3) is 2.67. The molecular weight excluding hydrogens is 222 g/mol. The molecule has 0 aliphatic heterocycles. The molecule has 1 unspecified atom stereocenters. The summed E-state index contributed by atoms with van der Waals surface area (Å²) in [5.74, 6) is -5.33. The average molecular weight is 240 g/mol. The van der Waals surface area contributed by atoms with Crippen molar-refractivity contribution in [1.29, 1.82) is 0 Å². The molecule has 8 heteroatoms. The van der Waals surface area contributed by atoms with Crippen LogP contribution >= 0.6 is 0 Å². The van der Waals surface area contributed by atoms with Crippen molar-refractivity contribution >= 4 is 5.97 Å². The van der Waals surface area contributed by atoms with Gasteiger partial charge in [-0.15, -0.1) is 0 Å². The Morgan fingerprint density at radius 3 is 1.81 bits per heavy atom. The van der Waals surface area contributed by atoms with Crippen LogP contribution in [0.5, 0.6) is 0 Å². The van der Waals surface area contributed by atoms with E-state index in [1.807, 2.05) is 0 Å². The van der Waals surface area contributed by atoms with Crippen molar-refractivity contribution in [1.82, 2.24) is 0 Å². The number of hydrogen-bond acceptors (Lipinski definition) is 6. The summed E-state index contributed by atoms with van der Waals surface area (Å²) < 4.78 is -1.42. The highest BCUT2D eigenvalue weighted by molar-refractivity contribution is 5.67. The summed E-state index contributed by atoms with van der Waals surface area (Å²) in [6, 6.07) is 0. The quantitative estimate of drug-likeness (QED) is 0.229. The molecule has 0 aromatic carbocycles. The van der Waals surface area contributed by atoms with E-state index in [1.54, 1.807) is 0 Å². The van der Waals surface area contributed by atoms with E-state index >= 15 is 0 Å². The fraction of sp³-hybridized carbons (Fsp3) is 0.875. The highest BCUT2D eigenvalue weighted by Gasteiger charge is 2.59. The van der Waals surface area contributed by atoms with Crippen LogP contribution in [0.3, 0.4) is 0 Å². The molecule has 0 heterocycles. The number of rotatable bonds is 5. The van der Waals surface area contributed by atoms with Crippen LogP contribution < -0.4 is 0 Å². The molecule has 0 saturated heterocycles. The van der Waals surface area contributed by atoms with Gasteiger partial charge in [0.1, 0.15) is 0 Å². The predicted molar refractivity (Wildman–Crippen MR) is 50.1 cm³/mol. The summed E-state index contributed by atoms with van der Waals surface area (Å²) in [5, 5.41) is 54.8. The molecule has 1 atom stereocenters. The van der Waals surface area contributed by atoms with Gasteiger partial charge in [0.2, 0.25) is 0 Å². The average Bonchev–Trinajstić information content (AvgIpc) is 2.00. The van der Waals surface area contributed by atoms with Crippen molar-refractivity contribution in [3.63, 3.8) is 0 Å². The summed E-state index contributed by atoms with van der Waals surface area (Å²) >= 11 is 0. The first-order valence-corrected chi connectivity index (χ1v) is 4.52. The van der Waals surface area contributed by atoms with Crippen molar-refractivity contribution in [2.45, 2.75) is 25.4 Å². The van der Waals surface area contributed by atoms with Crippen LogP contribution in [-0.2, 0) is 4.79 Å². The molecule has 6 N–H and O–H groups in total. The van der Waals surface area contributed by atoms with Crippen molar-refractivity contribution in [2.24, 2.45) is 5.92 Å². The summed E-state index contributed by atoms with van der Waals surface area (Å²) in [7, 11) is 1.86. The number of carbonyl (C=O) groups is 1. The van der Waals surface area contributed by atoms with Crippen LogP contribution in [0.25, 0.3) is 0 Å². The fourth-order valence-corrected chi connectivity index (χ4v) is 1.17. The Kier molecular flexibility index (Phi) is 4.04. The molecule has 0 fully saturated rings. The van der Waals surface area contributed by atoms with Gasteiger partial charge in [0.25, 0.3) is 0 Å². The molecular formula is C8H18NO7+. The largest absolute Gasteiger partial charge is 0.481 e. The smallest absolute Gasteiger partial charge is 0.445 e. The van der Waals surface area contributed by atoms with Gasteiger partial charge in [-0.25, -0.2) is 0 Å². The van der Waals surface area contributed by atoms with Gasteiger partial charge in [-0.2, -0.15) is 4.48 Å². The molecule has 0 bridgehead atoms. The van der Waals surface area contributed by atoms with Gasteiger partial charge in [0, 0.05) is 0 Å². The van der Waals surface area contributed by atoms with Crippen LogP contribution in [0, 0.1) is 5.92 Å². The third-order valence-corrected chi connectivity index (χ3v) is 2.71. The summed E-state index contributed by atoms with van der Waals surface area (Å²) in [6.07, 6.45) is -4.01. The first-order chi connectivity index (χ1) is 6.84. The zero-order valence-electron chi connectivity index (χ0n) is 9.32. The zero-order valence-corrected chi connectivity index (χ0v) is 9.32. The van der Waals surface area contributed by atoms with Crippen LogP contribution in [0.1, 0.15) is 13.3 Å². The second-order valence-electron chi connectivity index (χ2n) is 4.24.